The van der Waals surface area contributed by atoms with Crippen molar-refractivity contribution in [3.63, 3.8) is 0 Å². The van der Waals surface area contributed by atoms with Crippen LogP contribution in [0.25, 0.3) is 10.8 Å². The lowest BCUT2D eigenvalue weighted by Gasteiger charge is -2.13. The first-order valence-electron chi connectivity index (χ1n) is 8.60. The van der Waals surface area contributed by atoms with Crippen LogP contribution in [-0.2, 0) is 23.9 Å². The second kappa shape index (κ2) is 8.04. The summed E-state index contributed by atoms with van der Waals surface area (Å²) in [5.74, 6) is -2.21. The molecular formula is C20H16F4N2O3. The summed E-state index contributed by atoms with van der Waals surface area (Å²) >= 11 is 0. The second-order valence-corrected chi connectivity index (χ2v) is 6.31. The van der Waals surface area contributed by atoms with Gasteiger partial charge in [0.2, 0.25) is 5.91 Å². The van der Waals surface area contributed by atoms with E-state index in [1.807, 2.05) is 0 Å². The molecule has 2 aromatic carbocycles. The first kappa shape index (κ1) is 20.5. The van der Waals surface area contributed by atoms with E-state index >= 15 is 0 Å². The van der Waals surface area contributed by atoms with Crippen LogP contribution in [0, 0.1) is 5.82 Å². The third-order valence-corrected chi connectivity index (χ3v) is 4.37. The van der Waals surface area contributed by atoms with E-state index in [2.05, 4.69) is 5.32 Å². The van der Waals surface area contributed by atoms with Crippen LogP contribution in [0.2, 0.25) is 0 Å². The number of aromatic nitrogens is 1. The van der Waals surface area contributed by atoms with Crippen molar-refractivity contribution >= 4 is 22.4 Å². The van der Waals surface area contributed by atoms with E-state index in [1.54, 1.807) is 12.1 Å². The summed E-state index contributed by atoms with van der Waals surface area (Å²) in [6, 6.07) is 8.95. The molecule has 0 spiro atoms. The Morgan fingerprint density at radius 1 is 1.07 bits per heavy atom. The number of aliphatic hydroxyl groups is 1. The highest BCUT2D eigenvalue weighted by molar-refractivity contribution is 6.02. The Morgan fingerprint density at radius 3 is 2.48 bits per heavy atom. The first-order chi connectivity index (χ1) is 13.7. The number of amides is 1. The minimum Gasteiger partial charge on any atom is -0.395 e. The molecule has 0 fully saturated rings. The summed E-state index contributed by atoms with van der Waals surface area (Å²) in [7, 11) is 0. The SMILES string of the molecule is O=C(Cc1cccc(C(F)(F)F)c1F)Nc1cccc2c(=O)n(CCO)ccc12. The van der Waals surface area contributed by atoms with Crippen molar-refractivity contribution in [2.75, 3.05) is 11.9 Å². The van der Waals surface area contributed by atoms with Crippen molar-refractivity contribution < 1.29 is 27.5 Å². The summed E-state index contributed by atoms with van der Waals surface area (Å²) < 4.78 is 53.9. The number of nitrogens with zero attached hydrogens (tertiary/aromatic N) is 1. The largest absolute Gasteiger partial charge is 0.419 e. The minimum absolute atomic E-state index is 0.111. The number of alkyl halides is 3. The zero-order chi connectivity index (χ0) is 21.2. The molecular weight excluding hydrogens is 392 g/mol. The molecule has 0 unspecified atom stereocenters. The van der Waals surface area contributed by atoms with Gasteiger partial charge in [-0.2, -0.15) is 13.2 Å². The van der Waals surface area contributed by atoms with Crippen LogP contribution in [0.5, 0.6) is 0 Å². The number of hydrogen-bond donors (Lipinski definition) is 2. The van der Waals surface area contributed by atoms with E-state index in [0.717, 1.165) is 12.1 Å². The van der Waals surface area contributed by atoms with Crippen molar-refractivity contribution in [2.45, 2.75) is 19.1 Å². The highest BCUT2D eigenvalue weighted by Crippen LogP contribution is 2.32. The number of benzene rings is 2. The van der Waals surface area contributed by atoms with Crippen molar-refractivity contribution in [1.29, 1.82) is 0 Å². The van der Waals surface area contributed by atoms with E-state index < -0.39 is 29.9 Å². The zero-order valence-corrected chi connectivity index (χ0v) is 15.0. The normalized spacial score (nSPS) is 11.6. The van der Waals surface area contributed by atoms with Gasteiger partial charge in [-0.1, -0.05) is 18.2 Å². The Balaban J connectivity index is 1.88. The summed E-state index contributed by atoms with van der Waals surface area (Å²) in [5.41, 5.74) is -1.91. The van der Waals surface area contributed by atoms with Crippen LogP contribution in [0.3, 0.4) is 0 Å². The maximum Gasteiger partial charge on any atom is 0.419 e. The highest BCUT2D eigenvalue weighted by atomic mass is 19.4. The predicted octanol–water partition coefficient (Wildman–Crippen LogP) is 3.33. The van der Waals surface area contributed by atoms with Crippen LogP contribution in [0.1, 0.15) is 11.1 Å². The first-order valence-corrected chi connectivity index (χ1v) is 8.60. The molecule has 3 aromatic rings. The van der Waals surface area contributed by atoms with Crippen LogP contribution >= 0.6 is 0 Å². The average molecular weight is 408 g/mol. The number of rotatable bonds is 5. The summed E-state index contributed by atoms with van der Waals surface area (Å²) in [5, 5.41) is 12.2. The van der Waals surface area contributed by atoms with Gasteiger partial charge in [-0.25, -0.2) is 4.39 Å². The molecule has 5 nitrogen and oxygen atoms in total. The van der Waals surface area contributed by atoms with Gasteiger partial charge in [-0.05, 0) is 29.8 Å². The van der Waals surface area contributed by atoms with Gasteiger partial charge in [-0.3, -0.25) is 9.59 Å². The number of anilines is 1. The number of carbonyl (C=O) groups excluding carboxylic acids is 1. The van der Waals surface area contributed by atoms with E-state index in [9.17, 15) is 27.2 Å². The fraction of sp³-hybridized carbons (Fsp3) is 0.200. The fourth-order valence-electron chi connectivity index (χ4n) is 3.01. The number of aliphatic hydroxyl groups excluding tert-OH is 1. The number of hydrogen-bond acceptors (Lipinski definition) is 3. The molecule has 1 heterocycles. The molecule has 0 saturated heterocycles. The second-order valence-electron chi connectivity index (χ2n) is 6.31. The third kappa shape index (κ3) is 4.29. The smallest absolute Gasteiger partial charge is 0.395 e. The number of pyridine rings is 1. The Labute approximate surface area is 162 Å². The molecule has 0 saturated carbocycles. The quantitative estimate of drug-likeness (QED) is 0.637. The number of carbonyl (C=O) groups is 1. The van der Waals surface area contributed by atoms with E-state index in [4.69, 9.17) is 5.11 Å². The molecule has 3 rings (SSSR count). The molecule has 1 amide bonds. The van der Waals surface area contributed by atoms with Crippen molar-refractivity contribution in [3.8, 4) is 0 Å². The minimum atomic E-state index is -4.86. The van der Waals surface area contributed by atoms with Gasteiger partial charge in [0.25, 0.3) is 5.56 Å². The van der Waals surface area contributed by atoms with Gasteiger partial charge in [-0.15, -0.1) is 0 Å². The highest BCUT2D eigenvalue weighted by Gasteiger charge is 2.34. The number of nitrogens with one attached hydrogen (secondary N) is 1. The topological polar surface area (TPSA) is 71.3 Å². The lowest BCUT2D eigenvalue weighted by atomic mass is 10.1. The Morgan fingerprint density at radius 2 is 1.79 bits per heavy atom. The summed E-state index contributed by atoms with van der Waals surface area (Å²) in [4.78, 5) is 24.7. The number of fused-ring (bicyclic) bond motifs is 1. The molecule has 0 bridgehead atoms. The maximum absolute atomic E-state index is 14.1. The lowest BCUT2D eigenvalue weighted by Crippen LogP contribution is -2.22. The van der Waals surface area contributed by atoms with Crippen LogP contribution in [0.15, 0.2) is 53.5 Å². The standard InChI is InChI=1S/C20H16F4N2O3/c21-18-12(3-1-5-15(18)20(22,23)24)11-17(28)25-16-6-2-4-14-13(16)7-8-26(9-10-27)19(14)29/h1-8,27H,9-11H2,(H,25,28). The van der Waals surface area contributed by atoms with Crippen molar-refractivity contribution in [1.82, 2.24) is 4.57 Å². The monoisotopic (exact) mass is 408 g/mol. The molecule has 9 heteroatoms. The lowest BCUT2D eigenvalue weighted by molar-refractivity contribution is -0.140. The van der Waals surface area contributed by atoms with Gasteiger partial charge >= 0.3 is 6.18 Å². The van der Waals surface area contributed by atoms with Crippen LogP contribution in [0.4, 0.5) is 23.2 Å². The van der Waals surface area contributed by atoms with Gasteiger partial charge in [0, 0.05) is 29.2 Å². The molecule has 29 heavy (non-hydrogen) atoms. The Bertz CT molecular complexity index is 1120. The Kier molecular flexibility index (Phi) is 5.69. The molecule has 0 aliphatic rings. The van der Waals surface area contributed by atoms with Gasteiger partial charge < -0.3 is 15.0 Å². The average Bonchev–Trinajstić information content (AvgIpc) is 2.65. The molecule has 0 aliphatic carbocycles. The van der Waals surface area contributed by atoms with Gasteiger partial charge in [0.1, 0.15) is 5.82 Å². The van der Waals surface area contributed by atoms with Gasteiger partial charge in [0.15, 0.2) is 0 Å². The molecule has 2 N–H and O–H groups in total. The maximum atomic E-state index is 14.1. The molecule has 1 aromatic heterocycles. The molecule has 0 atom stereocenters. The van der Waals surface area contributed by atoms with E-state index in [1.165, 1.54) is 22.9 Å². The van der Waals surface area contributed by atoms with E-state index in [0.29, 0.717) is 16.8 Å². The van der Waals surface area contributed by atoms with E-state index in [-0.39, 0.29) is 30.0 Å². The molecule has 0 aliphatic heterocycles. The Hall–Kier alpha value is -3.20. The molecule has 152 valence electrons. The molecule has 0 radical (unpaired) electrons. The fourth-order valence-corrected chi connectivity index (χ4v) is 3.01. The summed E-state index contributed by atoms with van der Waals surface area (Å²) in [6.45, 7) is -0.107. The number of halogens is 4. The van der Waals surface area contributed by atoms with Crippen LogP contribution < -0.4 is 10.9 Å². The van der Waals surface area contributed by atoms with Crippen molar-refractivity contribution in [2.24, 2.45) is 0 Å². The van der Waals surface area contributed by atoms with Crippen molar-refractivity contribution in [3.05, 3.63) is 76.0 Å². The van der Waals surface area contributed by atoms with Crippen LogP contribution in [-0.4, -0.2) is 22.2 Å². The zero-order valence-electron chi connectivity index (χ0n) is 15.0. The summed E-state index contributed by atoms with van der Waals surface area (Å²) in [6.07, 6.45) is -4.00. The van der Waals surface area contributed by atoms with Gasteiger partial charge in [0.05, 0.1) is 18.6 Å². The predicted molar refractivity (Wildman–Crippen MR) is 99.0 cm³/mol. The third-order valence-electron chi connectivity index (χ3n) is 4.37.